The average Bonchev–Trinajstić information content (AvgIpc) is 2.75. The van der Waals surface area contributed by atoms with Crippen LogP contribution >= 0.6 is 11.6 Å². The topological polar surface area (TPSA) is 28.2 Å². The van der Waals surface area contributed by atoms with Crippen LogP contribution < -0.4 is 10.2 Å². The molecule has 1 fully saturated rings. The average molecular weight is 240 g/mol. The van der Waals surface area contributed by atoms with Crippen LogP contribution in [0.5, 0.6) is 0 Å². The summed E-state index contributed by atoms with van der Waals surface area (Å²) < 4.78 is 0. The van der Waals surface area contributed by atoms with Crippen molar-refractivity contribution in [3.05, 3.63) is 23.5 Å². The van der Waals surface area contributed by atoms with Gasteiger partial charge in [0.1, 0.15) is 0 Å². The van der Waals surface area contributed by atoms with E-state index in [4.69, 9.17) is 11.6 Å². The lowest BCUT2D eigenvalue weighted by Gasteiger charge is -2.27. The quantitative estimate of drug-likeness (QED) is 0.874. The Morgan fingerprint density at radius 1 is 1.62 bits per heavy atom. The molecule has 0 aromatic carbocycles. The van der Waals surface area contributed by atoms with Gasteiger partial charge in [0.15, 0.2) is 0 Å². The summed E-state index contributed by atoms with van der Waals surface area (Å²) >= 11 is 6.18. The van der Waals surface area contributed by atoms with Crippen molar-refractivity contribution >= 4 is 17.3 Å². The molecule has 1 unspecified atom stereocenters. The summed E-state index contributed by atoms with van der Waals surface area (Å²) in [5.41, 5.74) is 1.12. The standard InChI is InChI=1S/C12H18ClN3/c1-2-14-8-10-4-3-7-16(10)12-5-6-15-9-11(12)13/h5-6,9-10,14H,2-4,7-8H2,1H3. The molecule has 2 rings (SSSR count). The number of likely N-dealkylation sites (N-methyl/N-ethyl adjacent to an activating group) is 1. The first-order chi connectivity index (χ1) is 7.83. The smallest absolute Gasteiger partial charge is 0.0822 e. The van der Waals surface area contributed by atoms with Gasteiger partial charge in [-0.25, -0.2) is 0 Å². The highest BCUT2D eigenvalue weighted by Gasteiger charge is 2.25. The Hall–Kier alpha value is -0.800. The van der Waals surface area contributed by atoms with Crippen molar-refractivity contribution in [2.75, 3.05) is 24.5 Å². The summed E-state index contributed by atoms with van der Waals surface area (Å²) in [6.07, 6.45) is 6.02. The first-order valence-corrected chi connectivity index (χ1v) is 6.27. The molecule has 0 aliphatic carbocycles. The predicted octanol–water partition coefficient (Wildman–Crippen LogP) is 2.31. The summed E-state index contributed by atoms with van der Waals surface area (Å²) in [5.74, 6) is 0. The summed E-state index contributed by atoms with van der Waals surface area (Å²) in [4.78, 5) is 6.42. The molecule has 88 valence electrons. The van der Waals surface area contributed by atoms with E-state index >= 15 is 0 Å². The maximum absolute atomic E-state index is 6.18. The third-order valence-corrected chi connectivity index (χ3v) is 3.36. The number of hydrogen-bond acceptors (Lipinski definition) is 3. The van der Waals surface area contributed by atoms with Crippen LogP contribution in [-0.2, 0) is 0 Å². The van der Waals surface area contributed by atoms with E-state index < -0.39 is 0 Å². The SMILES string of the molecule is CCNCC1CCCN1c1ccncc1Cl. The summed E-state index contributed by atoms with van der Waals surface area (Å²) in [6.45, 7) is 5.29. The Morgan fingerprint density at radius 3 is 3.25 bits per heavy atom. The molecular weight excluding hydrogens is 222 g/mol. The second-order valence-electron chi connectivity index (χ2n) is 4.12. The van der Waals surface area contributed by atoms with Crippen LogP contribution in [-0.4, -0.2) is 30.7 Å². The predicted molar refractivity (Wildman–Crippen MR) is 68.2 cm³/mol. The number of aromatic nitrogens is 1. The van der Waals surface area contributed by atoms with Crippen molar-refractivity contribution in [3.63, 3.8) is 0 Å². The van der Waals surface area contributed by atoms with Crippen LogP contribution in [0.3, 0.4) is 0 Å². The molecule has 2 heterocycles. The molecule has 0 saturated carbocycles. The number of anilines is 1. The molecule has 0 amide bonds. The van der Waals surface area contributed by atoms with Gasteiger partial charge in [-0.2, -0.15) is 0 Å². The second-order valence-corrected chi connectivity index (χ2v) is 4.53. The van der Waals surface area contributed by atoms with Crippen LogP contribution in [0.25, 0.3) is 0 Å². The highest BCUT2D eigenvalue weighted by molar-refractivity contribution is 6.33. The third-order valence-electron chi connectivity index (χ3n) is 3.07. The molecule has 1 atom stereocenters. The molecule has 1 aliphatic heterocycles. The fourth-order valence-electron chi connectivity index (χ4n) is 2.28. The molecule has 3 nitrogen and oxygen atoms in total. The number of hydrogen-bond donors (Lipinski definition) is 1. The van der Waals surface area contributed by atoms with Gasteiger partial charge in [-0.05, 0) is 25.5 Å². The van der Waals surface area contributed by atoms with Crippen molar-refractivity contribution in [2.24, 2.45) is 0 Å². The Morgan fingerprint density at radius 2 is 2.50 bits per heavy atom. The first-order valence-electron chi connectivity index (χ1n) is 5.89. The zero-order chi connectivity index (χ0) is 11.4. The zero-order valence-electron chi connectivity index (χ0n) is 9.62. The van der Waals surface area contributed by atoms with Crippen molar-refractivity contribution < 1.29 is 0 Å². The van der Waals surface area contributed by atoms with E-state index in [0.717, 1.165) is 30.3 Å². The maximum Gasteiger partial charge on any atom is 0.0822 e. The lowest BCUT2D eigenvalue weighted by molar-refractivity contribution is 0.587. The molecule has 0 radical (unpaired) electrons. The van der Waals surface area contributed by atoms with Gasteiger partial charge >= 0.3 is 0 Å². The van der Waals surface area contributed by atoms with Gasteiger partial charge in [0.25, 0.3) is 0 Å². The van der Waals surface area contributed by atoms with Gasteiger partial charge in [0, 0.05) is 31.5 Å². The van der Waals surface area contributed by atoms with Crippen LogP contribution in [0.2, 0.25) is 5.02 Å². The van der Waals surface area contributed by atoms with Crippen LogP contribution in [0.15, 0.2) is 18.5 Å². The van der Waals surface area contributed by atoms with E-state index in [9.17, 15) is 0 Å². The number of nitrogens with zero attached hydrogens (tertiary/aromatic N) is 2. The number of rotatable bonds is 4. The van der Waals surface area contributed by atoms with E-state index in [0.29, 0.717) is 6.04 Å². The monoisotopic (exact) mass is 239 g/mol. The minimum Gasteiger partial charge on any atom is -0.366 e. The van der Waals surface area contributed by atoms with E-state index in [2.05, 4.69) is 22.1 Å². The van der Waals surface area contributed by atoms with E-state index in [1.54, 1.807) is 6.20 Å². The van der Waals surface area contributed by atoms with Crippen molar-refractivity contribution in [3.8, 4) is 0 Å². The lowest BCUT2D eigenvalue weighted by Crippen LogP contribution is -2.38. The number of pyridine rings is 1. The Kier molecular flexibility index (Phi) is 4.02. The van der Waals surface area contributed by atoms with Crippen LogP contribution in [0, 0.1) is 0 Å². The maximum atomic E-state index is 6.18. The molecule has 1 aliphatic rings. The summed E-state index contributed by atoms with van der Waals surface area (Å²) in [7, 11) is 0. The molecule has 4 heteroatoms. The molecule has 0 spiro atoms. The number of halogens is 1. The molecule has 1 N–H and O–H groups in total. The van der Waals surface area contributed by atoms with E-state index in [-0.39, 0.29) is 0 Å². The molecular formula is C12H18ClN3. The Bertz CT molecular complexity index is 343. The van der Waals surface area contributed by atoms with Crippen molar-refractivity contribution in [1.29, 1.82) is 0 Å². The molecule has 1 aromatic heterocycles. The summed E-state index contributed by atoms with van der Waals surface area (Å²) in [6, 6.07) is 2.58. The van der Waals surface area contributed by atoms with Gasteiger partial charge in [0.05, 0.1) is 10.7 Å². The van der Waals surface area contributed by atoms with E-state index in [1.165, 1.54) is 12.8 Å². The highest BCUT2D eigenvalue weighted by atomic mass is 35.5. The van der Waals surface area contributed by atoms with E-state index in [1.807, 2.05) is 12.3 Å². The Labute approximate surface area is 102 Å². The summed E-state index contributed by atoms with van der Waals surface area (Å²) in [5, 5.41) is 4.16. The normalized spacial score (nSPS) is 20.4. The van der Waals surface area contributed by atoms with Gasteiger partial charge in [-0.1, -0.05) is 18.5 Å². The minimum absolute atomic E-state index is 0.569. The zero-order valence-corrected chi connectivity index (χ0v) is 10.4. The molecule has 16 heavy (non-hydrogen) atoms. The van der Waals surface area contributed by atoms with Gasteiger partial charge < -0.3 is 10.2 Å². The number of nitrogens with one attached hydrogen (secondary N) is 1. The van der Waals surface area contributed by atoms with Gasteiger partial charge in [0.2, 0.25) is 0 Å². The highest BCUT2D eigenvalue weighted by Crippen LogP contribution is 2.30. The fourth-order valence-corrected chi connectivity index (χ4v) is 2.50. The first kappa shape index (κ1) is 11.7. The van der Waals surface area contributed by atoms with Gasteiger partial charge in [-0.3, -0.25) is 4.98 Å². The van der Waals surface area contributed by atoms with Crippen LogP contribution in [0.1, 0.15) is 19.8 Å². The molecule has 1 saturated heterocycles. The second kappa shape index (κ2) is 5.51. The lowest BCUT2D eigenvalue weighted by atomic mass is 10.2. The molecule has 0 bridgehead atoms. The van der Waals surface area contributed by atoms with Crippen molar-refractivity contribution in [2.45, 2.75) is 25.8 Å². The largest absolute Gasteiger partial charge is 0.366 e. The molecule has 1 aromatic rings. The van der Waals surface area contributed by atoms with Crippen molar-refractivity contribution in [1.82, 2.24) is 10.3 Å². The third kappa shape index (κ3) is 2.47. The van der Waals surface area contributed by atoms with Gasteiger partial charge in [-0.15, -0.1) is 0 Å². The Balaban J connectivity index is 2.10. The fraction of sp³-hybridized carbons (Fsp3) is 0.583. The van der Waals surface area contributed by atoms with Crippen LogP contribution in [0.4, 0.5) is 5.69 Å². The minimum atomic E-state index is 0.569.